The highest BCUT2D eigenvalue weighted by atomic mass is 16.5. The maximum atomic E-state index is 12.2. The molecule has 0 aliphatic rings. The maximum absolute atomic E-state index is 12.2. The quantitative estimate of drug-likeness (QED) is 0.390. The molecular formula is C24H22N4O3. The first kappa shape index (κ1) is 19.1. The molecule has 0 fully saturated rings. The summed E-state index contributed by atoms with van der Waals surface area (Å²) in [6.07, 6.45) is 2.82. The Morgan fingerprint density at radius 1 is 1.00 bits per heavy atom. The lowest BCUT2D eigenvalue weighted by Crippen LogP contribution is -2.06. The number of imidazole rings is 1. The number of methoxy groups -OCH3 is 1. The van der Waals surface area contributed by atoms with Gasteiger partial charge in [-0.15, -0.1) is 0 Å². The standard InChI is InChI=1S/C24H22N4O3/c1-4-20-26-23-22(24-25-17-8-6-7-9-18(17)28(20)24)19(31-21(29)5-2)14-27(23)15-10-12-16(30-3)13-11-15/h6-14H,4-5H2,1-3H3. The molecule has 0 N–H and O–H groups in total. The second-order valence-electron chi connectivity index (χ2n) is 7.23. The number of para-hydroxylation sites is 2. The molecule has 7 nitrogen and oxygen atoms in total. The van der Waals surface area contributed by atoms with Gasteiger partial charge in [0.15, 0.2) is 17.0 Å². The van der Waals surface area contributed by atoms with Crippen LogP contribution in [0.5, 0.6) is 11.5 Å². The van der Waals surface area contributed by atoms with Gasteiger partial charge in [0.2, 0.25) is 0 Å². The summed E-state index contributed by atoms with van der Waals surface area (Å²) in [5.74, 6) is 1.80. The Morgan fingerprint density at radius 3 is 2.48 bits per heavy atom. The van der Waals surface area contributed by atoms with Crippen LogP contribution >= 0.6 is 0 Å². The van der Waals surface area contributed by atoms with Crippen LogP contribution < -0.4 is 9.47 Å². The molecule has 0 aliphatic carbocycles. The van der Waals surface area contributed by atoms with E-state index in [0.29, 0.717) is 16.8 Å². The molecule has 2 aromatic carbocycles. The number of carbonyl (C=O) groups is 1. The lowest BCUT2D eigenvalue weighted by Gasteiger charge is -2.09. The maximum Gasteiger partial charge on any atom is 0.310 e. The predicted octanol–water partition coefficient (Wildman–Crippen LogP) is 4.71. The normalized spacial score (nSPS) is 11.5. The van der Waals surface area contributed by atoms with E-state index < -0.39 is 0 Å². The van der Waals surface area contributed by atoms with Crippen molar-refractivity contribution in [2.24, 2.45) is 0 Å². The van der Waals surface area contributed by atoms with Crippen LogP contribution in [-0.2, 0) is 11.2 Å². The second kappa shape index (κ2) is 7.43. The molecule has 31 heavy (non-hydrogen) atoms. The third-order valence-corrected chi connectivity index (χ3v) is 5.40. The number of aryl methyl sites for hydroxylation is 1. The van der Waals surface area contributed by atoms with Gasteiger partial charge in [-0.05, 0) is 36.4 Å². The summed E-state index contributed by atoms with van der Waals surface area (Å²) < 4.78 is 15.0. The van der Waals surface area contributed by atoms with Crippen molar-refractivity contribution in [3.63, 3.8) is 0 Å². The molecule has 0 atom stereocenters. The Bertz CT molecular complexity index is 1430. The third kappa shape index (κ3) is 3.01. The molecule has 5 rings (SSSR count). The average Bonchev–Trinajstić information content (AvgIpc) is 3.37. The van der Waals surface area contributed by atoms with E-state index in [-0.39, 0.29) is 12.4 Å². The molecule has 0 saturated heterocycles. The SMILES string of the molecule is CCC(=O)Oc1cn(-c2ccc(OC)cc2)c2nc(CC)n3c4ccccc4nc3c12. The van der Waals surface area contributed by atoms with Crippen molar-refractivity contribution in [1.29, 1.82) is 0 Å². The zero-order valence-corrected chi connectivity index (χ0v) is 17.6. The highest BCUT2D eigenvalue weighted by Gasteiger charge is 2.22. The Hall–Kier alpha value is -3.87. The fourth-order valence-electron chi connectivity index (χ4n) is 3.87. The Labute approximate surface area is 178 Å². The molecule has 0 radical (unpaired) electrons. The Balaban J connectivity index is 1.88. The number of fused-ring (bicyclic) bond motifs is 5. The Morgan fingerprint density at radius 2 is 1.77 bits per heavy atom. The van der Waals surface area contributed by atoms with Gasteiger partial charge >= 0.3 is 5.97 Å². The minimum Gasteiger partial charge on any atom is -0.497 e. The fourth-order valence-corrected chi connectivity index (χ4v) is 3.87. The van der Waals surface area contributed by atoms with Crippen molar-refractivity contribution in [2.45, 2.75) is 26.7 Å². The summed E-state index contributed by atoms with van der Waals surface area (Å²) in [6.45, 7) is 3.85. The van der Waals surface area contributed by atoms with Crippen LogP contribution in [0, 0.1) is 0 Å². The number of ether oxygens (including phenoxy) is 2. The minimum atomic E-state index is -0.303. The molecule has 5 aromatic rings. The molecular weight excluding hydrogens is 392 g/mol. The summed E-state index contributed by atoms with van der Waals surface area (Å²) >= 11 is 0. The van der Waals surface area contributed by atoms with Gasteiger partial charge in [0.25, 0.3) is 0 Å². The molecule has 0 unspecified atom stereocenters. The van der Waals surface area contributed by atoms with Gasteiger partial charge in [-0.2, -0.15) is 0 Å². The van der Waals surface area contributed by atoms with E-state index in [2.05, 4.69) is 11.3 Å². The number of rotatable bonds is 5. The van der Waals surface area contributed by atoms with Crippen LogP contribution in [0.2, 0.25) is 0 Å². The molecule has 7 heteroatoms. The van der Waals surface area contributed by atoms with Crippen molar-refractivity contribution in [1.82, 2.24) is 18.9 Å². The van der Waals surface area contributed by atoms with E-state index in [9.17, 15) is 4.79 Å². The van der Waals surface area contributed by atoms with Gasteiger partial charge in [0.1, 0.15) is 17.0 Å². The van der Waals surface area contributed by atoms with Gasteiger partial charge in [0, 0.05) is 18.5 Å². The number of nitrogens with zero attached hydrogens (tertiary/aromatic N) is 4. The molecule has 3 aromatic heterocycles. The minimum absolute atomic E-state index is 0.280. The van der Waals surface area contributed by atoms with Crippen LogP contribution in [0.15, 0.2) is 54.7 Å². The average molecular weight is 414 g/mol. The van der Waals surface area contributed by atoms with Gasteiger partial charge < -0.3 is 9.47 Å². The first-order chi connectivity index (χ1) is 15.1. The van der Waals surface area contributed by atoms with Crippen LogP contribution in [0.4, 0.5) is 0 Å². The molecule has 0 saturated carbocycles. The molecule has 3 heterocycles. The molecule has 0 aliphatic heterocycles. The van der Waals surface area contributed by atoms with Crippen LogP contribution in [0.3, 0.4) is 0 Å². The van der Waals surface area contributed by atoms with E-state index in [1.54, 1.807) is 14.0 Å². The van der Waals surface area contributed by atoms with E-state index in [0.717, 1.165) is 40.4 Å². The molecule has 0 spiro atoms. The zero-order valence-electron chi connectivity index (χ0n) is 17.6. The topological polar surface area (TPSA) is 70.7 Å². The highest BCUT2D eigenvalue weighted by molar-refractivity contribution is 6.01. The van der Waals surface area contributed by atoms with Crippen molar-refractivity contribution in [3.8, 4) is 17.2 Å². The van der Waals surface area contributed by atoms with E-state index >= 15 is 0 Å². The smallest absolute Gasteiger partial charge is 0.310 e. The molecule has 156 valence electrons. The van der Waals surface area contributed by atoms with Crippen molar-refractivity contribution >= 4 is 33.7 Å². The van der Waals surface area contributed by atoms with Crippen LogP contribution in [-0.4, -0.2) is 32.0 Å². The second-order valence-corrected chi connectivity index (χ2v) is 7.23. The van der Waals surface area contributed by atoms with E-state index in [4.69, 9.17) is 19.4 Å². The zero-order chi connectivity index (χ0) is 21.5. The summed E-state index contributed by atoms with van der Waals surface area (Å²) in [5.41, 5.74) is 4.17. The predicted molar refractivity (Wildman–Crippen MR) is 119 cm³/mol. The van der Waals surface area contributed by atoms with Gasteiger partial charge in [0.05, 0.1) is 24.3 Å². The van der Waals surface area contributed by atoms with Crippen molar-refractivity contribution in [3.05, 3.63) is 60.6 Å². The number of carbonyl (C=O) groups excluding carboxylic acids is 1. The highest BCUT2D eigenvalue weighted by Crippen LogP contribution is 2.35. The van der Waals surface area contributed by atoms with E-state index in [1.807, 2.05) is 59.3 Å². The van der Waals surface area contributed by atoms with Crippen molar-refractivity contribution < 1.29 is 14.3 Å². The number of aromatic nitrogens is 4. The van der Waals surface area contributed by atoms with Gasteiger partial charge in [-0.25, -0.2) is 9.97 Å². The summed E-state index contributed by atoms with van der Waals surface area (Å²) in [7, 11) is 1.64. The van der Waals surface area contributed by atoms with Crippen LogP contribution in [0.1, 0.15) is 26.1 Å². The molecule has 0 amide bonds. The first-order valence-corrected chi connectivity index (χ1v) is 10.3. The monoisotopic (exact) mass is 414 g/mol. The van der Waals surface area contributed by atoms with E-state index in [1.165, 1.54) is 0 Å². The fraction of sp³-hybridized carbons (Fsp3) is 0.208. The number of benzene rings is 2. The summed E-state index contributed by atoms with van der Waals surface area (Å²) in [4.78, 5) is 22.0. The largest absolute Gasteiger partial charge is 0.497 e. The number of hydrogen-bond acceptors (Lipinski definition) is 5. The number of esters is 1. The first-order valence-electron chi connectivity index (χ1n) is 10.3. The lowest BCUT2D eigenvalue weighted by molar-refractivity contribution is -0.133. The Kier molecular flexibility index (Phi) is 4.58. The van der Waals surface area contributed by atoms with Gasteiger partial charge in [-0.1, -0.05) is 26.0 Å². The van der Waals surface area contributed by atoms with Crippen molar-refractivity contribution in [2.75, 3.05) is 7.11 Å². The number of hydrogen-bond donors (Lipinski definition) is 0. The van der Waals surface area contributed by atoms with Gasteiger partial charge in [-0.3, -0.25) is 13.8 Å². The molecule has 0 bridgehead atoms. The summed E-state index contributed by atoms with van der Waals surface area (Å²) in [6, 6.07) is 15.6. The third-order valence-electron chi connectivity index (χ3n) is 5.40. The summed E-state index contributed by atoms with van der Waals surface area (Å²) in [5, 5.41) is 0.714. The van der Waals surface area contributed by atoms with Crippen LogP contribution in [0.25, 0.3) is 33.4 Å². The lowest BCUT2D eigenvalue weighted by atomic mass is 10.3.